The molecule has 0 aliphatic rings. The van der Waals surface area contributed by atoms with Gasteiger partial charge in [-0.05, 0) is 19.9 Å². The number of pyridine rings is 1. The summed E-state index contributed by atoms with van der Waals surface area (Å²) in [5.74, 6) is 1.97. The van der Waals surface area contributed by atoms with Gasteiger partial charge in [0.25, 0.3) is 0 Å². The van der Waals surface area contributed by atoms with E-state index in [0.29, 0.717) is 17.5 Å². The molecule has 0 aliphatic heterocycles. The van der Waals surface area contributed by atoms with E-state index in [1.54, 1.807) is 34.6 Å². The van der Waals surface area contributed by atoms with Crippen molar-refractivity contribution < 1.29 is 0 Å². The molecule has 0 fully saturated rings. The van der Waals surface area contributed by atoms with E-state index in [1.807, 2.05) is 37.0 Å². The average molecular weight is 392 g/mol. The zero-order chi connectivity index (χ0) is 19.5. The van der Waals surface area contributed by atoms with Gasteiger partial charge < -0.3 is 10.6 Å². The summed E-state index contributed by atoms with van der Waals surface area (Å²) in [4.78, 5) is 17.8. The zero-order valence-corrected chi connectivity index (χ0v) is 16.6. The SMILES string of the molecule is CC(C)Nc1cc(Nc2ccnc(-c3cnn(C)c3)n2)ncc1-c1nccs1. The first-order valence-electron chi connectivity index (χ1n) is 8.84. The summed E-state index contributed by atoms with van der Waals surface area (Å²) >= 11 is 1.59. The van der Waals surface area contributed by atoms with Crippen LogP contribution in [0, 0.1) is 0 Å². The molecule has 0 aromatic carbocycles. The summed E-state index contributed by atoms with van der Waals surface area (Å²) in [5.41, 5.74) is 2.82. The summed E-state index contributed by atoms with van der Waals surface area (Å²) in [6, 6.07) is 4.07. The molecule has 0 atom stereocenters. The lowest BCUT2D eigenvalue weighted by Crippen LogP contribution is -2.11. The van der Waals surface area contributed by atoms with E-state index < -0.39 is 0 Å². The van der Waals surface area contributed by atoms with E-state index in [0.717, 1.165) is 21.8 Å². The minimum Gasteiger partial charge on any atom is -0.382 e. The second-order valence-corrected chi connectivity index (χ2v) is 7.44. The van der Waals surface area contributed by atoms with Crippen LogP contribution in [0.2, 0.25) is 0 Å². The molecular weight excluding hydrogens is 372 g/mol. The highest BCUT2D eigenvalue weighted by molar-refractivity contribution is 7.13. The van der Waals surface area contributed by atoms with Gasteiger partial charge in [0.1, 0.15) is 16.6 Å². The third-order valence-corrected chi connectivity index (χ3v) is 4.69. The topological polar surface area (TPSA) is 93.4 Å². The fourth-order valence-electron chi connectivity index (χ4n) is 2.72. The Morgan fingerprint density at radius 3 is 2.68 bits per heavy atom. The summed E-state index contributed by atoms with van der Waals surface area (Å²) in [5, 5.41) is 13.8. The highest BCUT2D eigenvalue weighted by Crippen LogP contribution is 2.31. The van der Waals surface area contributed by atoms with Crippen molar-refractivity contribution in [3.05, 3.63) is 48.5 Å². The third-order valence-electron chi connectivity index (χ3n) is 3.89. The Bertz CT molecular complexity index is 1070. The quantitative estimate of drug-likeness (QED) is 0.513. The van der Waals surface area contributed by atoms with Gasteiger partial charge in [0.2, 0.25) is 0 Å². The molecule has 8 nitrogen and oxygen atoms in total. The van der Waals surface area contributed by atoms with Crippen molar-refractivity contribution in [3.63, 3.8) is 0 Å². The van der Waals surface area contributed by atoms with Crippen molar-refractivity contribution >= 4 is 28.7 Å². The first kappa shape index (κ1) is 18.1. The molecule has 0 saturated carbocycles. The molecule has 0 unspecified atom stereocenters. The maximum absolute atomic E-state index is 4.57. The number of rotatable bonds is 6. The van der Waals surface area contributed by atoms with E-state index in [4.69, 9.17) is 0 Å². The second kappa shape index (κ2) is 7.73. The fraction of sp³-hybridized carbons (Fsp3) is 0.211. The number of nitrogens with zero attached hydrogens (tertiary/aromatic N) is 6. The van der Waals surface area contributed by atoms with Gasteiger partial charge in [0.05, 0.1) is 17.3 Å². The maximum Gasteiger partial charge on any atom is 0.164 e. The predicted molar refractivity (Wildman–Crippen MR) is 112 cm³/mol. The zero-order valence-electron chi connectivity index (χ0n) is 15.8. The van der Waals surface area contributed by atoms with Crippen LogP contribution >= 0.6 is 11.3 Å². The number of thiazole rings is 1. The van der Waals surface area contributed by atoms with Gasteiger partial charge in [0.15, 0.2) is 5.82 Å². The molecule has 0 amide bonds. The number of aryl methyl sites for hydroxylation is 1. The van der Waals surface area contributed by atoms with Crippen molar-refractivity contribution in [2.75, 3.05) is 10.6 Å². The van der Waals surface area contributed by atoms with Gasteiger partial charge in [-0.25, -0.2) is 19.9 Å². The fourth-order valence-corrected chi connectivity index (χ4v) is 3.38. The third kappa shape index (κ3) is 3.99. The average Bonchev–Trinajstić information content (AvgIpc) is 3.34. The van der Waals surface area contributed by atoms with Crippen LogP contribution in [0.5, 0.6) is 0 Å². The molecule has 4 aromatic rings. The van der Waals surface area contributed by atoms with Crippen LogP contribution in [0.4, 0.5) is 17.3 Å². The molecule has 0 spiro atoms. The summed E-state index contributed by atoms with van der Waals surface area (Å²) in [6.45, 7) is 4.20. The van der Waals surface area contributed by atoms with Crippen molar-refractivity contribution in [1.82, 2.24) is 29.7 Å². The van der Waals surface area contributed by atoms with Crippen LogP contribution in [0.15, 0.2) is 48.5 Å². The van der Waals surface area contributed by atoms with E-state index in [-0.39, 0.29) is 6.04 Å². The molecule has 4 aromatic heterocycles. The van der Waals surface area contributed by atoms with Gasteiger partial charge in [-0.3, -0.25) is 4.68 Å². The number of aromatic nitrogens is 6. The molecule has 2 N–H and O–H groups in total. The predicted octanol–water partition coefficient (Wildman–Crippen LogP) is 3.96. The molecule has 4 rings (SSSR count). The lowest BCUT2D eigenvalue weighted by atomic mass is 10.2. The van der Waals surface area contributed by atoms with Gasteiger partial charge in [-0.15, -0.1) is 11.3 Å². The van der Waals surface area contributed by atoms with Crippen LogP contribution in [0.1, 0.15) is 13.8 Å². The molecule has 142 valence electrons. The molecule has 0 aliphatic carbocycles. The first-order valence-corrected chi connectivity index (χ1v) is 9.72. The minimum absolute atomic E-state index is 0.283. The van der Waals surface area contributed by atoms with Crippen molar-refractivity contribution in [1.29, 1.82) is 0 Å². The lowest BCUT2D eigenvalue weighted by Gasteiger charge is -2.15. The van der Waals surface area contributed by atoms with Crippen molar-refractivity contribution in [2.24, 2.45) is 7.05 Å². The van der Waals surface area contributed by atoms with Crippen LogP contribution in [0.3, 0.4) is 0 Å². The van der Waals surface area contributed by atoms with Gasteiger partial charge in [-0.1, -0.05) is 0 Å². The minimum atomic E-state index is 0.283. The Kier molecular flexibility index (Phi) is 4.98. The smallest absolute Gasteiger partial charge is 0.164 e. The highest BCUT2D eigenvalue weighted by atomic mass is 32.1. The Hall–Kier alpha value is -3.33. The Balaban J connectivity index is 1.63. The second-order valence-electron chi connectivity index (χ2n) is 6.54. The summed E-state index contributed by atoms with van der Waals surface area (Å²) < 4.78 is 1.72. The first-order chi connectivity index (χ1) is 13.6. The van der Waals surface area contributed by atoms with Crippen LogP contribution in [0.25, 0.3) is 22.0 Å². The van der Waals surface area contributed by atoms with Crippen molar-refractivity contribution in [2.45, 2.75) is 19.9 Å². The van der Waals surface area contributed by atoms with Crippen molar-refractivity contribution in [3.8, 4) is 22.0 Å². The van der Waals surface area contributed by atoms with Gasteiger partial charge >= 0.3 is 0 Å². The summed E-state index contributed by atoms with van der Waals surface area (Å²) in [7, 11) is 1.86. The van der Waals surface area contributed by atoms with Gasteiger partial charge in [-0.2, -0.15) is 5.10 Å². The largest absolute Gasteiger partial charge is 0.382 e. The van der Waals surface area contributed by atoms with E-state index in [1.165, 1.54) is 0 Å². The standard InChI is InChI=1S/C19H20N8S/c1-12(2)24-15-8-17(22-10-14(15)19-21-6-7-28-19)25-16-4-5-20-18(26-16)13-9-23-27(3)11-13/h4-12H,1-3H3,(H2,20,22,24,25,26). The lowest BCUT2D eigenvalue weighted by molar-refractivity contribution is 0.768. The molecule has 28 heavy (non-hydrogen) atoms. The van der Waals surface area contributed by atoms with Gasteiger partial charge in [0, 0.05) is 55.0 Å². The maximum atomic E-state index is 4.57. The monoisotopic (exact) mass is 392 g/mol. The van der Waals surface area contributed by atoms with E-state index >= 15 is 0 Å². The Morgan fingerprint density at radius 2 is 1.96 bits per heavy atom. The molecule has 0 radical (unpaired) electrons. The molecular formula is C19H20N8S. The number of anilines is 3. The number of hydrogen-bond acceptors (Lipinski definition) is 8. The van der Waals surface area contributed by atoms with Crippen LogP contribution in [-0.2, 0) is 7.05 Å². The molecule has 0 saturated heterocycles. The normalized spacial score (nSPS) is 11.0. The van der Waals surface area contributed by atoms with Crippen LogP contribution < -0.4 is 10.6 Å². The number of hydrogen-bond donors (Lipinski definition) is 2. The van der Waals surface area contributed by atoms with E-state index in [9.17, 15) is 0 Å². The molecule has 4 heterocycles. The summed E-state index contributed by atoms with van der Waals surface area (Å²) in [6.07, 6.45) is 8.96. The van der Waals surface area contributed by atoms with Crippen LogP contribution in [-0.4, -0.2) is 35.8 Å². The van der Waals surface area contributed by atoms with E-state index in [2.05, 4.69) is 49.5 Å². The molecule has 0 bridgehead atoms. The Labute approximate surface area is 166 Å². The Morgan fingerprint density at radius 1 is 1.07 bits per heavy atom. The molecule has 9 heteroatoms. The number of nitrogens with one attached hydrogen (secondary N) is 2. The highest BCUT2D eigenvalue weighted by Gasteiger charge is 2.12.